The smallest absolute Gasteiger partial charge is 0.462 e. The van der Waals surface area contributed by atoms with E-state index in [1.807, 2.05) is 0 Å². The molecule has 0 rings (SSSR count). The van der Waals surface area contributed by atoms with E-state index in [9.17, 15) is 19.0 Å². The van der Waals surface area contributed by atoms with E-state index in [0.717, 1.165) is 70.6 Å². The van der Waals surface area contributed by atoms with Gasteiger partial charge in [0.25, 0.3) is 0 Å². The summed E-state index contributed by atoms with van der Waals surface area (Å²) in [6, 6.07) is 0. The van der Waals surface area contributed by atoms with Gasteiger partial charge in [-0.3, -0.25) is 18.6 Å². The molecule has 2 atom stereocenters. The summed E-state index contributed by atoms with van der Waals surface area (Å²) in [5, 5.41) is 2.82. The van der Waals surface area contributed by atoms with Crippen molar-refractivity contribution < 1.29 is 37.6 Å². The van der Waals surface area contributed by atoms with Gasteiger partial charge >= 0.3 is 19.8 Å². The van der Waals surface area contributed by atoms with Crippen LogP contribution in [0.5, 0.6) is 0 Å². The summed E-state index contributed by atoms with van der Waals surface area (Å²) in [5.41, 5.74) is 0. The van der Waals surface area contributed by atoms with Crippen LogP contribution in [0.4, 0.5) is 0 Å². The van der Waals surface area contributed by atoms with Crippen LogP contribution in [0.1, 0.15) is 181 Å². The molecule has 0 radical (unpaired) electrons. The Hall–Kier alpha value is -2.29. The fourth-order valence-corrected chi connectivity index (χ4v) is 6.46. The fraction of sp³-hybridized carbons (Fsp3) is 0.739. The highest BCUT2D eigenvalue weighted by molar-refractivity contribution is 7.47. The molecule has 10 heteroatoms. The average molecular weight is 808 g/mol. The molecule has 0 amide bonds. The summed E-state index contributed by atoms with van der Waals surface area (Å²) in [6.45, 7) is 4.14. The van der Waals surface area contributed by atoms with E-state index in [1.54, 1.807) is 7.05 Å². The highest BCUT2D eigenvalue weighted by Gasteiger charge is 2.26. The van der Waals surface area contributed by atoms with Crippen LogP contribution in [0.3, 0.4) is 0 Å². The molecule has 0 aromatic rings. The van der Waals surface area contributed by atoms with Crippen molar-refractivity contribution >= 4 is 19.8 Å². The number of carbonyl (C=O) groups is 2. The largest absolute Gasteiger partial charge is 0.472 e. The topological polar surface area (TPSA) is 120 Å². The van der Waals surface area contributed by atoms with Crippen LogP contribution >= 0.6 is 7.82 Å². The summed E-state index contributed by atoms with van der Waals surface area (Å²) < 4.78 is 33.2. The van der Waals surface area contributed by atoms with Gasteiger partial charge in [0.15, 0.2) is 6.10 Å². The van der Waals surface area contributed by atoms with E-state index >= 15 is 0 Å². The van der Waals surface area contributed by atoms with Crippen molar-refractivity contribution in [1.82, 2.24) is 5.32 Å². The molecule has 2 unspecified atom stereocenters. The van der Waals surface area contributed by atoms with Crippen LogP contribution in [0.2, 0.25) is 0 Å². The first-order valence-electron chi connectivity index (χ1n) is 22.2. The molecule has 324 valence electrons. The number of likely N-dealkylation sites (N-methyl/N-ethyl adjacent to an activating group) is 1. The van der Waals surface area contributed by atoms with Crippen molar-refractivity contribution in [3.8, 4) is 0 Å². The first kappa shape index (κ1) is 53.7. The van der Waals surface area contributed by atoms with Gasteiger partial charge in [0.2, 0.25) is 0 Å². The van der Waals surface area contributed by atoms with Crippen LogP contribution < -0.4 is 5.32 Å². The molecule has 0 aliphatic carbocycles. The molecular formula is C46H82NO8P. The third kappa shape index (κ3) is 41.3. The van der Waals surface area contributed by atoms with Gasteiger partial charge in [0.1, 0.15) is 6.61 Å². The lowest BCUT2D eigenvalue weighted by Gasteiger charge is -2.20. The van der Waals surface area contributed by atoms with Gasteiger partial charge in [-0.25, -0.2) is 4.57 Å². The molecule has 9 nitrogen and oxygen atoms in total. The number of phosphoric ester groups is 1. The number of nitrogens with one attached hydrogen (secondary N) is 1. The monoisotopic (exact) mass is 808 g/mol. The van der Waals surface area contributed by atoms with E-state index in [2.05, 4.69) is 79.9 Å². The standard InChI is InChI=1S/C46H82NO8P/c1-4-6-8-10-12-14-16-18-20-21-22-23-25-26-28-30-32-34-36-38-45(48)52-42-44(43-54-56(50,51)53-41-40-47-3)55-46(49)39-37-35-33-31-29-27-24-19-17-15-13-11-9-7-5-2/h12,14,18-20,22-24,26,28,44,47H,4-11,13,15-17,21,25,27,29-43H2,1-3H3,(H,50,51)/b14-12-,20-18-,23-22-,24-19-,28-26-. The van der Waals surface area contributed by atoms with Gasteiger partial charge in [-0.2, -0.15) is 0 Å². The summed E-state index contributed by atoms with van der Waals surface area (Å²) in [7, 11) is -2.67. The normalized spacial score (nSPS) is 13.9. The third-order valence-electron chi connectivity index (χ3n) is 9.11. The second kappa shape index (κ2) is 42.3. The summed E-state index contributed by atoms with van der Waals surface area (Å²) in [4.78, 5) is 35.1. The Balaban J connectivity index is 4.30. The van der Waals surface area contributed by atoms with Crippen molar-refractivity contribution in [2.45, 2.75) is 187 Å². The van der Waals surface area contributed by atoms with Crippen LogP contribution in [0.25, 0.3) is 0 Å². The number of carbonyl (C=O) groups excluding carboxylic acids is 2. The minimum atomic E-state index is -4.36. The number of rotatable bonds is 41. The lowest BCUT2D eigenvalue weighted by atomic mass is 10.1. The Labute approximate surface area is 342 Å². The molecule has 0 bridgehead atoms. The second-order valence-corrected chi connectivity index (χ2v) is 16.0. The lowest BCUT2D eigenvalue weighted by Crippen LogP contribution is -2.29. The number of hydrogen-bond acceptors (Lipinski definition) is 8. The van der Waals surface area contributed by atoms with E-state index < -0.39 is 32.5 Å². The van der Waals surface area contributed by atoms with Gasteiger partial charge in [0.05, 0.1) is 13.2 Å². The highest BCUT2D eigenvalue weighted by atomic mass is 31.2. The Morgan fingerprint density at radius 2 is 0.964 bits per heavy atom. The first-order chi connectivity index (χ1) is 27.3. The zero-order valence-electron chi connectivity index (χ0n) is 35.8. The summed E-state index contributed by atoms with van der Waals surface area (Å²) >= 11 is 0. The number of hydrogen-bond donors (Lipinski definition) is 2. The predicted octanol–water partition coefficient (Wildman–Crippen LogP) is 12.8. The van der Waals surface area contributed by atoms with Crippen LogP contribution in [0.15, 0.2) is 60.8 Å². The summed E-state index contributed by atoms with van der Waals surface area (Å²) in [5.74, 6) is -0.855. The van der Waals surface area contributed by atoms with E-state index in [4.69, 9.17) is 18.5 Å². The fourth-order valence-electron chi connectivity index (χ4n) is 5.71. The van der Waals surface area contributed by atoms with Gasteiger partial charge in [-0.05, 0) is 90.5 Å². The number of ether oxygens (including phenoxy) is 2. The van der Waals surface area contributed by atoms with E-state index in [0.29, 0.717) is 19.4 Å². The Morgan fingerprint density at radius 3 is 1.50 bits per heavy atom. The molecule has 0 fully saturated rings. The van der Waals surface area contributed by atoms with Gasteiger partial charge in [-0.1, -0.05) is 145 Å². The van der Waals surface area contributed by atoms with Crippen molar-refractivity contribution in [1.29, 1.82) is 0 Å². The molecule has 0 saturated carbocycles. The van der Waals surface area contributed by atoms with E-state index in [1.165, 1.54) is 70.6 Å². The molecule has 0 aliphatic heterocycles. The maximum Gasteiger partial charge on any atom is 0.472 e. The molecular weight excluding hydrogens is 725 g/mol. The SMILES string of the molecule is CCCCC/C=C\C/C=C\C/C=C\C/C=C\CCCCCC(=O)OCC(COP(=O)(O)OCCNC)OC(=O)CCCCCCC/C=C\CCCCCCCC. The number of esters is 2. The van der Waals surface area contributed by atoms with Gasteiger partial charge in [-0.15, -0.1) is 0 Å². The maximum absolute atomic E-state index is 12.6. The van der Waals surface area contributed by atoms with Crippen molar-refractivity contribution in [2.24, 2.45) is 0 Å². The maximum atomic E-state index is 12.6. The molecule has 0 aliphatic rings. The first-order valence-corrected chi connectivity index (χ1v) is 23.7. The van der Waals surface area contributed by atoms with Gasteiger partial charge < -0.3 is 19.7 Å². The molecule has 0 aromatic heterocycles. The summed E-state index contributed by atoms with van der Waals surface area (Å²) in [6.07, 6.45) is 48.3. The van der Waals surface area contributed by atoms with Crippen molar-refractivity contribution in [2.75, 3.05) is 33.4 Å². The zero-order chi connectivity index (χ0) is 41.1. The second-order valence-electron chi connectivity index (χ2n) is 14.5. The quantitative estimate of drug-likeness (QED) is 0.0269. The number of allylic oxidation sites excluding steroid dienone is 10. The minimum absolute atomic E-state index is 0.0262. The number of phosphoric acid groups is 1. The van der Waals surface area contributed by atoms with Crippen LogP contribution in [-0.2, 0) is 32.7 Å². The number of unbranched alkanes of at least 4 members (excludes halogenated alkanes) is 17. The van der Waals surface area contributed by atoms with E-state index in [-0.39, 0.29) is 26.1 Å². The molecule has 0 saturated heterocycles. The predicted molar refractivity (Wildman–Crippen MR) is 234 cm³/mol. The molecule has 0 spiro atoms. The van der Waals surface area contributed by atoms with Crippen molar-refractivity contribution in [3.63, 3.8) is 0 Å². The highest BCUT2D eigenvalue weighted by Crippen LogP contribution is 2.43. The van der Waals surface area contributed by atoms with Crippen LogP contribution in [-0.4, -0.2) is 56.3 Å². The zero-order valence-corrected chi connectivity index (χ0v) is 36.7. The van der Waals surface area contributed by atoms with Crippen LogP contribution in [0, 0.1) is 0 Å². The Morgan fingerprint density at radius 1 is 0.554 bits per heavy atom. The van der Waals surface area contributed by atoms with Crippen molar-refractivity contribution in [3.05, 3.63) is 60.8 Å². The minimum Gasteiger partial charge on any atom is -0.462 e. The third-order valence-corrected chi connectivity index (χ3v) is 10.1. The Kier molecular flexibility index (Phi) is 40.6. The molecule has 2 N–H and O–H groups in total. The average Bonchev–Trinajstić information content (AvgIpc) is 3.18. The lowest BCUT2D eigenvalue weighted by molar-refractivity contribution is -0.161. The van der Waals surface area contributed by atoms with Gasteiger partial charge in [0, 0.05) is 19.4 Å². The molecule has 56 heavy (non-hydrogen) atoms. The Bertz CT molecular complexity index is 1100. The molecule has 0 aromatic carbocycles. The molecule has 0 heterocycles.